The maximum absolute atomic E-state index is 14.0. The van der Waals surface area contributed by atoms with E-state index in [0.717, 1.165) is 29.9 Å². The largest absolute Gasteiger partial charge is 0.338 e. The van der Waals surface area contributed by atoms with Crippen LogP contribution in [0.4, 0.5) is 14.5 Å². The Morgan fingerprint density at radius 3 is 2.50 bits per heavy atom. The Labute approximate surface area is 175 Å². The Balaban J connectivity index is 1.46. The molecule has 0 spiro atoms. The molecule has 0 unspecified atom stereocenters. The second kappa shape index (κ2) is 8.66. The lowest BCUT2D eigenvalue weighted by Crippen LogP contribution is -2.39. The van der Waals surface area contributed by atoms with E-state index < -0.39 is 23.1 Å². The van der Waals surface area contributed by atoms with Gasteiger partial charge in [-0.2, -0.15) is 0 Å². The van der Waals surface area contributed by atoms with Crippen LogP contribution in [0, 0.1) is 11.6 Å². The van der Waals surface area contributed by atoms with E-state index in [4.69, 9.17) is 0 Å². The lowest BCUT2D eigenvalue weighted by atomic mass is 9.98. The molecule has 1 fully saturated rings. The number of para-hydroxylation sites is 1. The molecule has 2 aromatic carbocycles. The van der Waals surface area contributed by atoms with Crippen LogP contribution in [-0.4, -0.2) is 40.0 Å². The molecule has 2 amide bonds. The van der Waals surface area contributed by atoms with Crippen LogP contribution in [0.2, 0.25) is 0 Å². The summed E-state index contributed by atoms with van der Waals surface area (Å²) in [6.07, 6.45) is 1.41. The van der Waals surface area contributed by atoms with Crippen LogP contribution in [0.3, 0.4) is 0 Å². The Bertz CT molecular complexity index is 1050. The van der Waals surface area contributed by atoms with Crippen LogP contribution in [-0.2, 0) is 0 Å². The minimum Gasteiger partial charge on any atom is -0.338 e. The molecule has 154 valence electrons. The van der Waals surface area contributed by atoms with Gasteiger partial charge in [0.15, 0.2) is 0 Å². The van der Waals surface area contributed by atoms with E-state index >= 15 is 0 Å². The average molecular weight is 428 g/mol. The summed E-state index contributed by atoms with van der Waals surface area (Å²) in [6.45, 7) is 0.671. The van der Waals surface area contributed by atoms with Crippen LogP contribution in [0.5, 0.6) is 0 Å². The highest BCUT2D eigenvalue weighted by atomic mass is 32.1. The van der Waals surface area contributed by atoms with Crippen LogP contribution < -0.4 is 5.32 Å². The van der Waals surface area contributed by atoms with E-state index in [1.54, 1.807) is 12.1 Å². The molecule has 1 aliphatic rings. The predicted octanol–water partition coefficient (Wildman–Crippen LogP) is 4.09. The molecule has 1 N–H and O–H groups in total. The average Bonchev–Trinajstić information content (AvgIpc) is 3.25. The number of benzene rings is 2. The van der Waals surface area contributed by atoms with E-state index in [-0.39, 0.29) is 23.4 Å². The van der Waals surface area contributed by atoms with E-state index in [2.05, 4.69) is 15.5 Å². The van der Waals surface area contributed by atoms with Crippen molar-refractivity contribution in [3.63, 3.8) is 0 Å². The van der Waals surface area contributed by atoms with Gasteiger partial charge < -0.3 is 10.2 Å². The van der Waals surface area contributed by atoms with Crippen molar-refractivity contribution in [3.05, 3.63) is 75.7 Å². The number of carbonyl (C=O) groups excluding carboxylic acids is 2. The number of hydrogen-bond acceptors (Lipinski definition) is 5. The van der Waals surface area contributed by atoms with Crippen molar-refractivity contribution in [2.45, 2.75) is 18.8 Å². The van der Waals surface area contributed by atoms with Crippen LogP contribution in [0.1, 0.15) is 43.9 Å². The van der Waals surface area contributed by atoms with Crippen molar-refractivity contribution < 1.29 is 18.4 Å². The van der Waals surface area contributed by atoms with E-state index in [1.165, 1.54) is 11.0 Å². The first kappa shape index (κ1) is 20.1. The minimum absolute atomic E-state index is 0.145. The molecule has 4 rings (SSSR count). The molecule has 0 radical (unpaired) electrons. The number of amides is 2. The first-order valence-electron chi connectivity index (χ1n) is 9.46. The van der Waals surface area contributed by atoms with E-state index in [9.17, 15) is 18.4 Å². The highest BCUT2D eigenvalue weighted by molar-refractivity contribution is 7.13. The molecule has 1 aromatic heterocycles. The molecule has 0 bridgehead atoms. The van der Waals surface area contributed by atoms with Gasteiger partial charge in [-0.15, -0.1) is 10.2 Å². The summed E-state index contributed by atoms with van der Waals surface area (Å²) >= 11 is 1.16. The molecule has 2 heterocycles. The number of hydrogen-bond donors (Lipinski definition) is 1. The highest BCUT2D eigenvalue weighted by Gasteiger charge is 2.30. The summed E-state index contributed by atoms with van der Waals surface area (Å²) in [4.78, 5) is 26.5. The lowest BCUT2D eigenvalue weighted by molar-refractivity contribution is 0.0696. The van der Waals surface area contributed by atoms with Crippen LogP contribution in [0.25, 0.3) is 0 Å². The molecule has 3 aromatic rings. The third kappa shape index (κ3) is 4.20. The topological polar surface area (TPSA) is 75.2 Å². The molecule has 30 heavy (non-hydrogen) atoms. The standard InChI is InChI=1S/C21H18F2N4O2S/c22-15-9-4-10-16(23)17(15)21(29)27-11-5-6-13(12-27)19-25-26-20(30-19)18(28)24-14-7-2-1-3-8-14/h1-4,7-10,13H,5-6,11-12H2,(H,24,28)/t13-/m1/s1. The van der Waals surface area contributed by atoms with Gasteiger partial charge in [0.2, 0.25) is 5.01 Å². The first-order chi connectivity index (χ1) is 14.5. The lowest BCUT2D eigenvalue weighted by Gasteiger charge is -2.31. The quantitative estimate of drug-likeness (QED) is 0.679. The first-order valence-corrected chi connectivity index (χ1v) is 10.3. The zero-order valence-corrected chi connectivity index (χ0v) is 16.7. The Hall–Kier alpha value is -3.20. The van der Waals surface area contributed by atoms with Crippen molar-refractivity contribution in [1.29, 1.82) is 0 Å². The molecule has 1 saturated heterocycles. The van der Waals surface area contributed by atoms with Gasteiger partial charge in [-0.25, -0.2) is 8.78 Å². The van der Waals surface area contributed by atoms with Gasteiger partial charge in [-0.3, -0.25) is 9.59 Å². The number of halogens is 2. The van der Waals surface area contributed by atoms with Gasteiger partial charge in [0.25, 0.3) is 11.8 Å². The second-order valence-corrected chi connectivity index (χ2v) is 7.96. The highest BCUT2D eigenvalue weighted by Crippen LogP contribution is 2.30. The molecule has 6 nitrogen and oxygen atoms in total. The third-order valence-electron chi connectivity index (χ3n) is 4.90. The van der Waals surface area contributed by atoms with Gasteiger partial charge in [0.1, 0.15) is 22.2 Å². The molecule has 0 saturated carbocycles. The third-order valence-corrected chi connectivity index (χ3v) is 5.99. The fourth-order valence-corrected chi connectivity index (χ4v) is 4.28. The Kier molecular flexibility index (Phi) is 5.80. The summed E-state index contributed by atoms with van der Waals surface area (Å²) in [6, 6.07) is 12.4. The smallest absolute Gasteiger partial charge is 0.286 e. The van der Waals surface area contributed by atoms with Crippen molar-refractivity contribution in [2.24, 2.45) is 0 Å². The summed E-state index contributed by atoms with van der Waals surface area (Å²) in [5, 5.41) is 11.7. The summed E-state index contributed by atoms with van der Waals surface area (Å²) in [5.74, 6) is -2.94. The molecule has 1 aliphatic heterocycles. The monoisotopic (exact) mass is 428 g/mol. The van der Waals surface area contributed by atoms with Crippen molar-refractivity contribution >= 4 is 28.8 Å². The maximum Gasteiger partial charge on any atom is 0.286 e. The minimum atomic E-state index is -0.877. The van der Waals surface area contributed by atoms with Gasteiger partial charge in [0, 0.05) is 24.7 Å². The number of aromatic nitrogens is 2. The van der Waals surface area contributed by atoms with Gasteiger partial charge in [-0.1, -0.05) is 35.6 Å². The zero-order valence-electron chi connectivity index (χ0n) is 15.8. The fraction of sp³-hybridized carbons (Fsp3) is 0.238. The number of rotatable bonds is 4. The number of nitrogens with zero attached hydrogens (tertiary/aromatic N) is 3. The maximum atomic E-state index is 14.0. The van der Waals surface area contributed by atoms with Crippen molar-refractivity contribution in [1.82, 2.24) is 15.1 Å². The molecule has 0 aliphatic carbocycles. The number of carbonyl (C=O) groups is 2. The Morgan fingerprint density at radius 2 is 1.77 bits per heavy atom. The molecule has 9 heteroatoms. The number of likely N-dealkylation sites (tertiary alicyclic amines) is 1. The van der Waals surface area contributed by atoms with E-state index in [1.807, 2.05) is 18.2 Å². The van der Waals surface area contributed by atoms with E-state index in [0.29, 0.717) is 23.7 Å². The zero-order chi connectivity index (χ0) is 21.1. The molecular weight excluding hydrogens is 410 g/mol. The van der Waals surface area contributed by atoms with Crippen molar-refractivity contribution in [2.75, 3.05) is 18.4 Å². The SMILES string of the molecule is O=C(Nc1ccccc1)c1nnc([C@@H]2CCCN(C(=O)c3c(F)cccc3F)C2)s1. The summed E-state index contributed by atoms with van der Waals surface area (Å²) in [5.41, 5.74) is 0.110. The summed E-state index contributed by atoms with van der Waals surface area (Å²) in [7, 11) is 0. The molecule has 1 atom stereocenters. The normalized spacial score (nSPS) is 16.3. The number of anilines is 1. The van der Waals surface area contributed by atoms with Crippen LogP contribution >= 0.6 is 11.3 Å². The molecular formula is C21H18F2N4O2S. The Morgan fingerprint density at radius 1 is 1.03 bits per heavy atom. The second-order valence-electron chi connectivity index (χ2n) is 6.95. The fourth-order valence-electron chi connectivity index (χ4n) is 3.42. The number of piperidine rings is 1. The van der Waals surface area contributed by atoms with Crippen LogP contribution in [0.15, 0.2) is 48.5 Å². The van der Waals surface area contributed by atoms with Gasteiger partial charge in [-0.05, 0) is 37.1 Å². The van der Waals surface area contributed by atoms with Crippen molar-refractivity contribution in [3.8, 4) is 0 Å². The summed E-state index contributed by atoms with van der Waals surface area (Å²) < 4.78 is 28.0. The number of nitrogens with one attached hydrogen (secondary N) is 1. The predicted molar refractivity (Wildman–Crippen MR) is 109 cm³/mol. The van der Waals surface area contributed by atoms with Gasteiger partial charge in [0.05, 0.1) is 0 Å². The van der Waals surface area contributed by atoms with Gasteiger partial charge >= 0.3 is 0 Å².